The molecule has 122 valence electrons. The van der Waals surface area contributed by atoms with Crippen molar-refractivity contribution in [2.75, 3.05) is 5.32 Å². The molecule has 0 unspecified atom stereocenters. The lowest BCUT2D eigenvalue weighted by Gasteiger charge is -2.08. The molecule has 0 radical (unpaired) electrons. The van der Waals surface area contributed by atoms with Crippen molar-refractivity contribution in [1.29, 1.82) is 10.5 Å². The number of aromatic nitrogens is 4. The third kappa shape index (κ3) is 2.99. The van der Waals surface area contributed by atoms with Crippen LogP contribution in [0.3, 0.4) is 0 Å². The van der Waals surface area contributed by atoms with Crippen LogP contribution in [-0.2, 0) is 0 Å². The summed E-state index contributed by atoms with van der Waals surface area (Å²) < 4.78 is 28.3. The van der Waals surface area contributed by atoms with Crippen molar-refractivity contribution in [3.63, 3.8) is 0 Å². The second-order valence-electron chi connectivity index (χ2n) is 4.95. The fourth-order valence-corrected chi connectivity index (χ4v) is 2.18. The first-order chi connectivity index (χ1) is 12.0. The van der Waals surface area contributed by atoms with Crippen molar-refractivity contribution < 1.29 is 8.78 Å². The van der Waals surface area contributed by atoms with Crippen LogP contribution in [0, 0.1) is 41.2 Å². The molecular formula is C16H9F2N7. The van der Waals surface area contributed by atoms with Gasteiger partial charge in [-0.2, -0.15) is 15.6 Å². The molecular weight excluding hydrogens is 328 g/mol. The molecule has 2 heterocycles. The fourth-order valence-electron chi connectivity index (χ4n) is 2.18. The predicted molar refractivity (Wildman–Crippen MR) is 83.0 cm³/mol. The van der Waals surface area contributed by atoms with Gasteiger partial charge < -0.3 is 5.32 Å². The minimum atomic E-state index is -0.748. The first-order valence-electron chi connectivity index (χ1n) is 6.97. The van der Waals surface area contributed by atoms with Crippen molar-refractivity contribution in [3.8, 4) is 17.8 Å². The molecule has 1 N–H and O–H groups in total. The van der Waals surface area contributed by atoms with Gasteiger partial charge in [0.05, 0.1) is 23.8 Å². The van der Waals surface area contributed by atoms with Gasteiger partial charge in [-0.05, 0) is 19.1 Å². The first-order valence-corrected chi connectivity index (χ1v) is 6.97. The van der Waals surface area contributed by atoms with E-state index < -0.39 is 11.6 Å². The number of benzene rings is 1. The van der Waals surface area contributed by atoms with Crippen LogP contribution in [-0.4, -0.2) is 19.7 Å². The summed E-state index contributed by atoms with van der Waals surface area (Å²) in [4.78, 5) is 7.84. The van der Waals surface area contributed by atoms with Gasteiger partial charge in [0, 0.05) is 6.07 Å². The van der Waals surface area contributed by atoms with E-state index in [1.54, 1.807) is 19.1 Å². The molecule has 0 aliphatic carbocycles. The Morgan fingerprint density at radius 2 is 1.88 bits per heavy atom. The molecule has 2 aromatic heterocycles. The van der Waals surface area contributed by atoms with Crippen LogP contribution in [0.5, 0.6) is 0 Å². The van der Waals surface area contributed by atoms with Gasteiger partial charge >= 0.3 is 0 Å². The monoisotopic (exact) mass is 337 g/mol. The van der Waals surface area contributed by atoms with E-state index in [1.165, 1.54) is 23.1 Å². The standard InChI is InChI=1S/C16H9F2N7/c1-9-14(24-16-8-21-12(5-19)13(6-20)23-16)7-22-25(9)15-3-2-10(17)4-11(15)18/h2-4,7-8H,1H3,(H,23,24). The molecule has 0 fully saturated rings. The lowest BCUT2D eigenvalue weighted by Crippen LogP contribution is -2.04. The lowest BCUT2D eigenvalue weighted by atomic mass is 10.3. The van der Waals surface area contributed by atoms with Crippen molar-refractivity contribution in [2.45, 2.75) is 6.92 Å². The Labute approximate surface area is 140 Å². The number of hydrogen-bond donors (Lipinski definition) is 1. The summed E-state index contributed by atoms with van der Waals surface area (Å²) in [6.45, 7) is 1.68. The van der Waals surface area contributed by atoms with Crippen LogP contribution < -0.4 is 5.32 Å². The van der Waals surface area contributed by atoms with Gasteiger partial charge in [-0.3, -0.25) is 0 Å². The highest BCUT2D eigenvalue weighted by Crippen LogP contribution is 2.23. The Bertz CT molecular complexity index is 1040. The zero-order valence-electron chi connectivity index (χ0n) is 12.8. The van der Waals surface area contributed by atoms with Gasteiger partial charge in [0.25, 0.3) is 0 Å². The highest BCUT2D eigenvalue weighted by molar-refractivity contribution is 5.59. The number of nitrogens with zero attached hydrogens (tertiary/aromatic N) is 6. The van der Waals surface area contributed by atoms with Crippen LogP contribution in [0.25, 0.3) is 5.69 Å². The lowest BCUT2D eigenvalue weighted by molar-refractivity contribution is 0.572. The topological polar surface area (TPSA) is 103 Å². The van der Waals surface area contributed by atoms with Gasteiger partial charge in [-0.15, -0.1) is 0 Å². The second kappa shape index (κ2) is 6.34. The van der Waals surface area contributed by atoms with Crippen molar-refractivity contribution >= 4 is 11.5 Å². The largest absolute Gasteiger partial charge is 0.336 e. The molecule has 3 aromatic rings. The van der Waals surface area contributed by atoms with Crippen LogP contribution >= 0.6 is 0 Å². The third-order valence-electron chi connectivity index (χ3n) is 3.39. The maximum absolute atomic E-state index is 13.9. The first kappa shape index (κ1) is 16.0. The fraction of sp³-hybridized carbons (Fsp3) is 0.0625. The molecule has 0 atom stereocenters. The zero-order valence-corrected chi connectivity index (χ0v) is 12.8. The molecule has 0 amide bonds. The Hall–Kier alpha value is -3.85. The number of nitriles is 2. The molecule has 1 aromatic carbocycles. The minimum absolute atomic E-state index is 0.0751. The Morgan fingerprint density at radius 1 is 1.12 bits per heavy atom. The minimum Gasteiger partial charge on any atom is -0.336 e. The Balaban J connectivity index is 1.95. The second-order valence-corrected chi connectivity index (χ2v) is 4.95. The molecule has 9 heteroatoms. The molecule has 0 saturated carbocycles. The maximum Gasteiger partial charge on any atom is 0.179 e. The average Bonchev–Trinajstić information content (AvgIpc) is 2.95. The van der Waals surface area contributed by atoms with Crippen molar-refractivity contribution in [2.24, 2.45) is 0 Å². The van der Waals surface area contributed by atoms with E-state index in [2.05, 4.69) is 20.4 Å². The number of nitrogens with one attached hydrogen (secondary N) is 1. The molecule has 0 spiro atoms. The van der Waals surface area contributed by atoms with Crippen molar-refractivity contribution in [3.05, 3.63) is 59.3 Å². The van der Waals surface area contributed by atoms with E-state index in [0.29, 0.717) is 11.4 Å². The molecule has 7 nitrogen and oxygen atoms in total. The summed E-state index contributed by atoms with van der Waals surface area (Å²) in [7, 11) is 0. The van der Waals surface area contributed by atoms with Crippen LogP contribution in [0.15, 0.2) is 30.6 Å². The van der Waals surface area contributed by atoms with Gasteiger partial charge in [0.15, 0.2) is 23.0 Å². The number of anilines is 2. The van der Waals surface area contributed by atoms with E-state index in [0.717, 1.165) is 12.1 Å². The summed E-state index contributed by atoms with van der Waals surface area (Å²) in [6, 6.07) is 6.75. The zero-order chi connectivity index (χ0) is 18.0. The van der Waals surface area contributed by atoms with Gasteiger partial charge in [-0.1, -0.05) is 0 Å². The maximum atomic E-state index is 13.9. The molecule has 0 aliphatic heterocycles. The summed E-state index contributed by atoms with van der Waals surface area (Å²) in [5, 5.41) is 24.8. The smallest absolute Gasteiger partial charge is 0.179 e. The molecule has 3 rings (SSSR count). The Morgan fingerprint density at radius 3 is 2.56 bits per heavy atom. The Kier molecular flexibility index (Phi) is 4.06. The third-order valence-corrected chi connectivity index (χ3v) is 3.39. The molecule has 0 saturated heterocycles. The molecule has 0 bridgehead atoms. The van der Waals surface area contributed by atoms with E-state index >= 15 is 0 Å². The van der Waals surface area contributed by atoms with Gasteiger partial charge in [0.2, 0.25) is 0 Å². The number of halogens is 2. The normalized spacial score (nSPS) is 10.1. The summed E-state index contributed by atoms with van der Waals surface area (Å²) >= 11 is 0. The number of hydrogen-bond acceptors (Lipinski definition) is 6. The van der Waals surface area contributed by atoms with Gasteiger partial charge in [0.1, 0.15) is 23.6 Å². The van der Waals surface area contributed by atoms with Gasteiger partial charge in [-0.25, -0.2) is 23.4 Å². The van der Waals surface area contributed by atoms with Crippen LogP contribution in [0.1, 0.15) is 17.1 Å². The predicted octanol–water partition coefficient (Wildman–Crippen LogP) is 2.74. The number of rotatable bonds is 3. The van der Waals surface area contributed by atoms with E-state index in [4.69, 9.17) is 10.5 Å². The summed E-state index contributed by atoms with van der Waals surface area (Å²) in [6.07, 6.45) is 2.73. The van der Waals surface area contributed by atoms with E-state index in [-0.39, 0.29) is 22.9 Å². The quantitative estimate of drug-likeness (QED) is 0.788. The van der Waals surface area contributed by atoms with Crippen LogP contribution in [0.4, 0.5) is 20.3 Å². The van der Waals surface area contributed by atoms with Crippen molar-refractivity contribution in [1.82, 2.24) is 19.7 Å². The molecule has 0 aliphatic rings. The SMILES string of the molecule is Cc1c(Nc2cnc(C#N)c(C#N)n2)cnn1-c1ccc(F)cc1F. The highest BCUT2D eigenvalue weighted by Gasteiger charge is 2.14. The highest BCUT2D eigenvalue weighted by atomic mass is 19.1. The summed E-state index contributed by atoms with van der Waals surface area (Å²) in [5.41, 5.74) is 0.938. The van der Waals surface area contributed by atoms with Crippen LogP contribution in [0.2, 0.25) is 0 Å². The summed E-state index contributed by atoms with van der Waals surface area (Å²) in [5.74, 6) is -1.19. The molecule has 25 heavy (non-hydrogen) atoms. The average molecular weight is 337 g/mol. The van der Waals surface area contributed by atoms with E-state index in [9.17, 15) is 8.78 Å². The van der Waals surface area contributed by atoms with E-state index in [1.807, 2.05) is 0 Å².